The summed E-state index contributed by atoms with van der Waals surface area (Å²) >= 11 is 0. The second-order valence-electron chi connectivity index (χ2n) is 11.4. The maximum atomic E-state index is 12.8. The first-order valence-electron chi connectivity index (χ1n) is 15.4. The second-order valence-corrected chi connectivity index (χ2v) is 11.4. The summed E-state index contributed by atoms with van der Waals surface area (Å²) in [5, 5.41) is 30.1. The van der Waals surface area contributed by atoms with Gasteiger partial charge in [-0.3, -0.25) is 38.7 Å². The number of ether oxygens (including phenoxy) is 1. The average Bonchev–Trinajstić information content (AvgIpc) is 3.02. The maximum Gasteiger partial charge on any atom is 0.317 e. The summed E-state index contributed by atoms with van der Waals surface area (Å²) in [6.07, 6.45) is 1.89. The van der Waals surface area contributed by atoms with Gasteiger partial charge in [-0.2, -0.15) is 0 Å². The van der Waals surface area contributed by atoms with Crippen molar-refractivity contribution < 1.29 is 44.0 Å². The van der Waals surface area contributed by atoms with E-state index in [1.165, 1.54) is 4.90 Å². The van der Waals surface area contributed by atoms with Crippen LogP contribution in [0.2, 0.25) is 0 Å². The van der Waals surface area contributed by atoms with E-state index >= 15 is 0 Å². The molecule has 0 aliphatic rings. The number of hydrogen-bond donors (Lipinski definition) is 5. The molecule has 0 spiro atoms. The van der Waals surface area contributed by atoms with Crippen LogP contribution in [-0.2, 0) is 48.1 Å². The Balaban J connectivity index is 1.78. The Morgan fingerprint density at radius 3 is 1.89 bits per heavy atom. The van der Waals surface area contributed by atoms with Gasteiger partial charge in [-0.05, 0) is 43.0 Å². The molecule has 0 aromatic heterocycles. The van der Waals surface area contributed by atoms with Crippen molar-refractivity contribution in [1.82, 2.24) is 20.0 Å². The fourth-order valence-corrected chi connectivity index (χ4v) is 4.65. The van der Waals surface area contributed by atoms with Gasteiger partial charge in [0.15, 0.2) is 5.78 Å². The normalized spacial score (nSPS) is 11.9. The van der Waals surface area contributed by atoms with E-state index in [4.69, 9.17) is 25.8 Å². The number of aryl methyl sites for hydroxylation is 1. The molecule has 0 aliphatic heterocycles. The third-order valence-corrected chi connectivity index (χ3v) is 7.31. The van der Waals surface area contributed by atoms with Crippen LogP contribution in [0, 0.1) is 0 Å². The van der Waals surface area contributed by atoms with Gasteiger partial charge in [0.05, 0.1) is 38.8 Å². The molecule has 0 bridgehead atoms. The number of nitrogens with one attached hydrogen (secondary N) is 1. The summed E-state index contributed by atoms with van der Waals surface area (Å²) in [4.78, 5) is 63.0. The van der Waals surface area contributed by atoms with Crippen LogP contribution in [-0.4, -0.2) is 138 Å². The second kappa shape index (κ2) is 21.6. The van der Waals surface area contributed by atoms with Crippen LogP contribution in [0.3, 0.4) is 0 Å². The van der Waals surface area contributed by atoms with Gasteiger partial charge in [0.25, 0.3) is 0 Å². The first kappa shape index (κ1) is 39.0. The van der Waals surface area contributed by atoms with Crippen LogP contribution in [0.5, 0.6) is 0 Å². The van der Waals surface area contributed by atoms with Gasteiger partial charge in [0.2, 0.25) is 5.91 Å². The number of ketones is 1. The van der Waals surface area contributed by atoms with Crippen LogP contribution in [0.15, 0.2) is 54.6 Å². The number of Topliss-reactive ketones (excluding diaryl/α,β-unsaturated/α-hetero) is 1. The fourth-order valence-electron chi connectivity index (χ4n) is 4.65. The number of carbonyl (C=O) groups excluding carboxylic acids is 2. The number of nitrogens with two attached hydrogens (primary N) is 1. The molecule has 0 saturated carbocycles. The van der Waals surface area contributed by atoms with E-state index in [1.807, 2.05) is 54.6 Å². The Bertz CT molecular complexity index is 1260. The molecule has 14 heteroatoms. The van der Waals surface area contributed by atoms with Gasteiger partial charge in [-0.1, -0.05) is 54.6 Å². The lowest BCUT2D eigenvalue weighted by atomic mass is 10.0. The summed E-state index contributed by atoms with van der Waals surface area (Å²) in [5.41, 5.74) is 9.03. The molecule has 2 aromatic carbocycles. The molecule has 1 amide bonds. The Morgan fingerprint density at radius 1 is 0.723 bits per heavy atom. The molecule has 0 aliphatic carbocycles. The number of carboxylic acids is 3. The van der Waals surface area contributed by atoms with E-state index in [-0.39, 0.29) is 51.0 Å². The molecule has 0 saturated heterocycles. The Kier molecular flexibility index (Phi) is 17.9. The standard InChI is InChI=1S/C33H47N5O9/c1-36(21-31(41)42)14-15-37(16-17-38(22-32(43)44)23-33(45)46)20-30(40)35-19-27-9-7-26(8-10-27)13-18-47-24-29(39)28(34)12-11-25-5-3-2-4-6-25/h2-10,28H,11-24,34H2,1H3,(H,35,40)(H,41,42)(H,43,44)(H,45,46)/t28-/m1/s1. The highest BCUT2D eigenvalue weighted by Gasteiger charge is 2.18. The molecule has 6 N–H and O–H groups in total. The summed E-state index contributed by atoms with van der Waals surface area (Å²) < 4.78 is 5.56. The monoisotopic (exact) mass is 657 g/mol. The number of hydrogen-bond acceptors (Lipinski definition) is 10. The van der Waals surface area contributed by atoms with Crippen molar-refractivity contribution in [2.75, 3.05) is 72.6 Å². The van der Waals surface area contributed by atoms with Crippen molar-refractivity contribution in [2.24, 2.45) is 5.73 Å². The van der Waals surface area contributed by atoms with E-state index in [0.717, 1.165) is 23.1 Å². The number of amides is 1. The van der Waals surface area contributed by atoms with Crippen molar-refractivity contribution in [2.45, 2.75) is 31.8 Å². The number of aliphatic carboxylic acids is 3. The van der Waals surface area contributed by atoms with Gasteiger partial charge in [-0.15, -0.1) is 0 Å². The summed E-state index contributed by atoms with van der Waals surface area (Å²) in [5.74, 6) is -3.75. The van der Waals surface area contributed by atoms with Crippen LogP contribution in [0.4, 0.5) is 0 Å². The molecule has 258 valence electrons. The van der Waals surface area contributed by atoms with Gasteiger partial charge in [0, 0.05) is 32.7 Å². The summed E-state index contributed by atoms with van der Waals surface area (Å²) in [6.45, 7) is 0.375. The SMILES string of the molecule is CN(CCN(CCN(CC(=O)O)CC(=O)O)CC(=O)NCc1ccc(CCOCC(=O)[C@H](N)CCc2ccccc2)cc1)CC(=O)O. The van der Waals surface area contributed by atoms with Gasteiger partial charge in [-0.25, -0.2) is 0 Å². The highest BCUT2D eigenvalue weighted by Crippen LogP contribution is 2.07. The highest BCUT2D eigenvalue weighted by molar-refractivity contribution is 5.84. The molecule has 47 heavy (non-hydrogen) atoms. The number of benzene rings is 2. The lowest BCUT2D eigenvalue weighted by Gasteiger charge is -2.27. The number of carbonyl (C=O) groups is 5. The van der Waals surface area contributed by atoms with Gasteiger partial charge < -0.3 is 31.1 Å². The Labute approximate surface area is 275 Å². The van der Waals surface area contributed by atoms with Gasteiger partial charge >= 0.3 is 17.9 Å². The first-order chi connectivity index (χ1) is 22.4. The molecule has 2 aromatic rings. The topological polar surface area (TPSA) is 203 Å². The molecule has 2 rings (SSSR count). The number of carboxylic acid groups (broad SMARTS) is 3. The van der Waals surface area contributed by atoms with Crippen molar-refractivity contribution in [1.29, 1.82) is 0 Å². The van der Waals surface area contributed by atoms with Crippen LogP contribution in [0.25, 0.3) is 0 Å². The number of rotatable bonds is 25. The molecular weight excluding hydrogens is 610 g/mol. The van der Waals surface area contributed by atoms with Crippen molar-refractivity contribution in [3.63, 3.8) is 0 Å². The maximum absolute atomic E-state index is 12.8. The zero-order valence-electron chi connectivity index (χ0n) is 26.9. The molecular formula is C33H47N5O9. The molecule has 1 atom stereocenters. The highest BCUT2D eigenvalue weighted by atomic mass is 16.5. The molecule has 0 heterocycles. The van der Waals surface area contributed by atoms with Crippen molar-refractivity contribution in [3.05, 3.63) is 71.3 Å². The van der Waals surface area contributed by atoms with Crippen LogP contribution < -0.4 is 11.1 Å². The Morgan fingerprint density at radius 2 is 1.28 bits per heavy atom. The van der Waals surface area contributed by atoms with E-state index in [1.54, 1.807) is 16.8 Å². The number of nitrogens with zero attached hydrogens (tertiary/aromatic N) is 3. The van der Waals surface area contributed by atoms with Gasteiger partial charge in [0.1, 0.15) is 6.61 Å². The lowest BCUT2D eigenvalue weighted by molar-refractivity contribution is -0.142. The van der Waals surface area contributed by atoms with E-state index in [9.17, 15) is 24.0 Å². The quantitative estimate of drug-likeness (QED) is 0.0906. The van der Waals surface area contributed by atoms with Crippen LogP contribution >= 0.6 is 0 Å². The van der Waals surface area contributed by atoms with E-state index in [2.05, 4.69) is 5.32 Å². The molecule has 14 nitrogen and oxygen atoms in total. The number of likely N-dealkylation sites (N-methyl/N-ethyl adjacent to an activating group) is 1. The molecule has 0 fully saturated rings. The fraction of sp³-hybridized carbons (Fsp3) is 0.485. The molecule has 0 unspecified atom stereocenters. The van der Waals surface area contributed by atoms with E-state index < -0.39 is 37.0 Å². The Hall–Kier alpha value is -4.21. The predicted molar refractivity (Wildman–Crippen MR) is 174 cm³/mol. The third-order valence-electron chi connectivity index (χ3n) is 7.31. The minimum atomic E-state index is -1.17. The predicted octanol–water partition coefficient (Wildman–Crippen LogP) is 0.181. The zero-order valence-corrected chi connectivity index (χ0v) is 26.9. The minimum Gasteiger partial charge on any atom is -0.480 e. The van der Waals surface area contributed by atoms with E-state index in [0.29, 0.717) is 32.5 Å². The lowest BCUT2D eigenvalue weighted by Crippen LogP contribution is -2.45. The van der Waals surface area contributed by atoms with Crippen molar-refractivity contribution >= 4 is 29.6 Å². The zero-order chi connectivity index (χ0) is 34.6. The third kappa shape index (κ3) is 17.9. The largest absolute Gasteiger partial charge is 0.480 e. The average molecular weight is 658 g/mol. The smallest absolute Gasteiger partial charge is 0.317 e. The first-order valence-corrected chi connectivity index (χ1v) is 15.4. The molecule has 0 radical (unpaired) electrons. The summed E-state index contributed by atoms with van der Waals surface area (Å²) in [7, 11) is 1.63. The minimum absolute atomic E-state index is 0.0376. The summed E-state index contributed by atoms with van der Waals surface area (Å²) in [6, 6.07) is 16.9. The van der Waals surface area contributed by atoms with Crippen LogP contribution in [0.1, 0.15) is 23.1 Å². The van der Waals surface area contributed by atoms with Crippen molar-refractivity contribution in [3.8, 4) is 0 Å².